The summed E-state index contributed by atoms with van der Waals surface area (Å²) in [5.74, 6) is 0.273. The lowest BCUT2D eigenvalue weighted by atomic mass is 9.81. The van der Waals surface area contributed by atoms with Crippen LogP contribution in [0.1, 0.15) is 26.7 Å². The topological polar surface area (TPSA) is 46.5 Å². The summed E-state index contributed by atoms with van der Waals surface area (Å²) < 4.78 is 0. The van der Waals surface area contributed by atoms with Crippen molar-refractivity contribution in [3.05, 3.63) is 12.2 Å². The third-order valence-electron chi connectivity index (χ3n) is 2.46. The van der Waals surface area contributed by atoms with E-state index in [9.17, 15) is 4.79 Å². The molecule has 0 aromatic rings. The molecule has 1 aliphatic rings. The van der Waals surface area contributed by atoms with Gasteiger partial charge in [-0.05, 0) is 24.5 Å². The van der Waals surface area contributed by atoms with Crippen LogP contribution in [-0.4, -0.2) is 16.6 Å². The van der Waals surface area contributed by atoms with Crippen LogP contribution in [0.15, 0.2) is 12.2 Å². The second-order valence-electron chi connectivity index (χ2n) is 3.50. The average Bonchev–Trinajstić information content (AvgIpc) is 2.06. The van der Waals surface area contributed by atoms with Gasteiger partial charge >= 0.3 is 0 Å². The van der Waals surface area contributed by atoms with Crippen LogP contribution in [0.2, 0.25) is 0 Å². The van der Waals surface area contributed by atoms with Crippen LogP contribution >= 0.6 is 0 Å². The summed E-state index contributed by atoms with van der Waals surface area (Å²) in [5, 5.41) is 8.74. The maximum absolute atomic E-state index is 10.9. The Bertz CT molecular complexity index is 208. The van der Waals surface area contributed by atoms with Gasteiger partial charge in [0.25, 0.3) is 0 Å². The Morgan fingerprint density at radius 1 is 1.67 bits per heavy atom. The van der Waals surface area contributed by atoms with E-state index in [0.717, 1.165) is 0 Å². The molecule has 0 aliphatic heterocycles. The van der Waals surface area contributed by atoms with Crippen LogP contribution in [0.4, 0.5) is 0 Å². The van der Waals surface area contributed by atoms with Gasteiger partial charge in [-0.25, -0.2) is 4.89 Å². The average molecular weight is 170 g/mol. The molecule has 3 heteroatoms. The summed E-state index contributed by atoms with van der Waals surface area (Å²) in [6.07, 6.45) is 4.16. The largest absolute Gasteiger partial charge is 0.295 e. The molecule has 0 aromatic carbocycles. The Morgan fingerprint density at radius 2 is 2.33 bits per heavy atom. The number of rotatable bonds is 2. The summed E-state index contributed by atoms with van der Waals surface area (Å²) in [7, 11) is 0. The van der Waals surface area contributed by atoms with E-state index >= 15 is 0 Å². The van der Waals surface area contributed by atoms with Gasteiger partial charge in [-0.2, -0.15) is 0 Å². The minimum Gasteiger partial charge on any atom is -0.295 e. The molecule has 68 valence electrons. The number of carbonyl (C=O) groups is 1. The van der Waals surface area contributed by atoms with Gasteiger partial charge in [0.1, 0.15) is 5.60 Å². The standard InChI is InChI=1S/C9H14O3/c1-7(2)9(12-11)5-3-8(10)4-6-9/h3,5,7,11H,4,6H2,1-2H3. The molecule has 0 radical (unpaired) electrons. The molecule has 0 amide bonds. The molecule has 1 aliphatic carbocycles. The van der Waals surface area contributed by atoms with E-state index in [4.69, 9.17) is 5.26 Å². The van der Waals surface area contributed by atoms with E-state index in [0.29, 0.717) is 12.8 Å². The minimum atomic E-state index is -0.645. The van der Waals surface area contributed by atoms with Crippen LogP contribution in [0, 0.1) is 5.92 Å². The highest BCUT2D eigenvalue weighted by Crippen LogP contribution is 2.31. The molecule has 0 saturated carbocycles. The summed E-state index contributed by atoms with van der Waals surface area (Å²) >= 11 is 0. The van der Waals surface area contributed by atoms with Crippen molar-refractivity contribution in [1.82, 2.24) is 0 Å². The number of allylic oxidation sites excluding steroid dienone is 1. The molecule has 1 atom stereocenters. The Labute approximate surface area is 72.0 Å². The summed E-state index contributed by atoms with van der Waals surface area (Å²) in [6, 6.07) is 0. The molecule has 1 N–H and O–H groups in total. The third-order valence-corrected chi connectivity index (χ3v) is 2.46. The fraction of sp³-hybridized carbons (Fsp3) is 0.667. The number of carbonyl (C=O) groups excluding carboxylic acids is 1. The maximum atomic E-state index is 10.9. The smallest absolute Gasteiger partial charge is 0.155 e. The van der Waals surface area contributed by atoms with Crippen molar-refractivity contribution in [3.8, 4) is 0 Å². The Balaban J connectivity index is 2.82. The molecule has 0 bridgehead atoms. The third kappa shape index (κ3) is 1.57. The molecule has 0 spiro atoms. The van der Waals surface area contributed by atoms with Gasteiger partial charge in [0.15, 0.2) is 5.78 Å². The van der Waals surface area contributed by atoms with Crippen molar-refractivity contribution in [3.63, 3.8) is 0 Å². The van der Waals surface area contributed by atoms with Gasteiger partial charge in [0.05, 0.1) is 0 Å². The van der Waals surface area contributed by atoms with Gasteiger partial charge in [0.2, 0.25) is 0 Å². The fourth-order valence-electron chi connectivity index (χ4n) is 1.38. The Kier molecular flexibility index (Phi) is 2.65. The van der Waals surface area contributed by atoms with Gasteiger partial charge in [0, 0.05) is 6.42 Å². The lowest BCUT2D eigenvalue weighted by Gasteiger charge is -2.32. The van der Waals surface area contributed by atoms with Gasteiger partial charge in [-0.1, -0.05) is 13.8 Å². The lowest BCUT2D eigenvalue weighted by molar-refractivity contribution is -0.321. The zero-order valence-electron chi connectivity index (χ0n) is 7.41. The van der Waals surface area contributed by atoms with Crippen LogP contribution < -0.4 is 0 Å². The Morgan fingerprint density at radius 3 is 2.67 bits per heavy atom. The van der Waals surface area contributed by atoms with Gasteiger partial charge < -0.3 is 0 Å². The molecule has 0 fully saturated rings. The maximum Gasteiger partial charge on any atom is 0.155 e. The van der Waals surface area contributed by atoms with Crippen LogP contribution in [-0.2, 0) is 9.68 Å². The molecule has 0 aromatic heterocycles. The second-order valence-corrected chi connectivity index (χ2v) is 3.50. The van der Waals surface area contributed by atoms with Crippen LogP contribution in [0.25, 0.3) is 0 Å². The quantitative estimate of drug-likeness (QED) is 0.507. The first-order valence-corrected chi connectivity index (χ1v) is 4.15. The minimum absolute atomic E-state index is 0.100. The number of hydrogen-bond donors (Lipinski definition) is 1. The first-order chi connectivity index (χ1) is 5.60. The normalized spacial score (nSPS) is 29.8. The summed E-state index contributed by atoms with van der Waals surface area (Å²) in [4.78, 5) is 15.3. The zero-order valence-corrected chi connectivity index (χ0v) is 7.41. The number of hydrogen-bond acceptors (Lipinski definition) is 3. The molecular weight excluding hydrogens is 156 g/mol. The highest BCUT2D eigenvalue weighted by Gasteiger charge is 2.35. The second kappa shape index (κ2) is 3.37. The van der Waals surface area contributed by atoms with Crippen molar-refractivity contribution in [1.29, 1.82) is 0 Å². The predicted molar refractivity (Wildman–Crippen MR) is 44.7 cm³/mol. The van der Waals surface area contributed by atoms with Crippen LogP contribution in [0.5, 0.6) is 0 Å². The van der Waals surface area contributed by atoms with Gasteiger partial charge in [-0.3, -0.25) is 10.1 Å². The molecule has 0 heterocycles. The van der Waals surface area contributed by atoms with E-state index in [2.05, 4.69) is 4.89 Å². The molecule has 1 unspecified atom stereocenters. The Hall–Kier alpha value is -0.670. The van der Waals surface area contributed by atoms with Gasteiger partial charge in [-0.15, -0.1) is 0 Å². The monoisotopic (exact) mass is 170 g/mol. The first-order valence-electron chi connectivity index (χ1n) is 4.15. The van der Waals surface area contributed by atoms with E-state index in [-0.39, 0.29) is 11.7 Å². The highest BCUT2D eigenvalue weighted by molar-refractivity contribution is 5.90. The molecular formula is C9H14O3. The molecule has 12 heavy (non-hydrogen) atoms. The molecule has 1 rings (SSSR count). The molecule has 3 nitrogen and oxygen atoms in total. The van der Waals surface area contributed by atoms with Crippen molar-refractivity contribution in [2.75, 3.05) is 0 Å². The highest BCUT2D eigenvalue weighted by atomic mass is 17.1. The van der Waals surface area contributed by atoms with Crippen molar-refractivity contribution in [2.24, 2.45) is 5.92 Å². The van der Waals surface area contributed by atoms with E-state index < -0.39 is 5.60 Å². The number of ketones is 1. The molecule has 0 saturated heterocycles. The van der Waals surface area contributed by atoms with Crippen molar-refractivity contribution < 1.29 is 14.9 Å². The summed E-state index contributed by atoms with van der Waals surface area (Å²) in [6.45, 7) is 3.91. The van der Waals surface area contributed by atoms with Crippen molar-refractivity contribution in [2.45, 2.75) is 32.3 Å². The van der Waals surface area contributed by atoms with Crippen LogP contribution in [0.3, 0.4) is 0 Å². The predicted octanol–water partition coefficient (Wildman–Crippen LogP) is 1.79. The fourth-order valence-corrected chi connectivity index (χ4v) is 1.38. The van der Waals surface area contributed by atoms with E-state index in [1.807, 2.05) is 13.8 Å². The van der Waals surface area contributed by atoms with Crippen molar-refractivity contribution >= 4 is 5.78 Å². The van der Waals surface area contributed by atoms with E-state index in [1.54, 1.807) is 6.08 Å². The lowest BCUT2D eigenvalue weighted by Crippen LogP contribution is -2.38. The van der Waals surface area contributed by atoms with E-state index in [1.165, 1.54) is 6.08 Å². The first kappa shape index (κ1) is 9.42. The SMILES string of the molecule is CC(C)C1(OO)C=CC(=O)CC1. The zero-order chi connectivity index (χ0) is 9.19. The summed E-state index contributed by atoms with van der Waals surface area (Å²) in [5.41, 5.74) is -0.645.